The first kappa shape index (κ1) is 14.1. The van der Waals surface area contributed by atoms with Crippen LogP contribution in [0.1, 0.15) is 27.2 Å². The number of nitrogens with two attached hydrogens (primary N) is 1. The van der Waals surface area contributed by atoms with Gasteiger partial charge in [-0.05, 0) is 26.8 Å². The van der Waals surface area contributed by atoms with E-state index in [4.69, 9.17) is 19.6 Å². The summed E-state index contributed by atoms with van der Waals surface area (Å²) in [5.74, 6) is -0.870. The predicted molar refractivity (Wildman–Crippen MR) is 57.0 cm³/mol. The molecule has 2 radical (unpaired) electrons. The van der Waals surface area contributed by atoms with Crippen molar-refractivity contribution in [1.82, 2.24) is 0 Å². The molecule has 0 saturated heterocycles. The highest BCUT2D eigenvalue weighted by atomic mass is 28.2. The van der Waals surface area contributed by atoms with Crippen LogP contribution in [0.5, 0.6) is 0 Å². The first-order valence-electron chi connectivity index (χ1n) is 5.10. The van der Waals surface area contributed by atoms with Crippen LogP contribution in [0.25, 0.3) is 0 Å². The van der Waals surface area contributed by atoms with E-state index in [1.807, 2.05) is 20.8 Å². The fourth-order valence-corrected chi connectivity index (χ4v) is 1.68. The molecule has 0 aromatic rings. The van der Waals surface area contributed by atoms with Crippen molar-refractivity contribution in [2.24, 2.45) is 5.40 Å². The summed E-state index contributed by atoms with van der Waals surface area (Å²) in [5, 5.41) is 5.49. The van der Waals surface area contributed by atoms with Crippen molar-refractivity contribution in [1.29, 1.82) is 0 Å². The van der Waals surface area contributed by atoms with Crippen molar-refractivity contribution in [3.8, 4) is 0 Å². The molecule has 5 heteroatoms. The molecule has 0 unspecified atom stereocenters. The summed E-state index contributed by atoms with van der Waals surface area (Å²) in [5.41, 5.74) is 0. The summed E-state index contributed by atoms with van der Waals surface area (Å²) in [7, 11) is 0.405. The molecule has 0 heterocycles. The van der Waals surface area contributed by atoms with Gasteiger partial charge in [0, 0.05) is 26.2 Å². The van der Waals surface area contributed by atoms with E-state index in [1.165, 1.54) is 0 Å². The summed E-state index contributed by atoms with van der Waals surface area (Å²) in [6.07, 6.45) is 0.692. The summed E-state index contributed by atoms with van der Waals surface area (Å²) < 4.78 is 16.6. The van der Waals surface area contributed by atoms with Crippen molar-refractivity contribution < 1.29 is 14.2 Å². The standard InChI is InChI=1S/C9H21NO3Si/c1-4-11-9(12-5-2,13-6-3)7-8-14-10/h4-8,10H2,1-3H3. The van der Waals surface area contributed by atoms with E-state index in [0.29, 0.717) is 35.9 Å². The molecule has 0 bridgehead atoms. The van der Waals surface area contributed by atoms with Crippen LogP contribution in [0.4, 0.5) is 0 Å². The molecule has 0 rings (SSSR count). The monoisotopic (exact) mass is 219 g/mol. The smallest absolute Gasteiger partial charge is 0.282 e. The van der Waals surface area contributed by atoms with Crippen LogP contribution in [-0.2, 0) is 14.2 Å². The van der Waals surface area contributed by atoms with Gasteiger partial charge >= 0.3 is 0 Å². The van der Waals surface area contributed by atoms with Crippen LogP contribution in [0, 0.1) is 0 Å². The Bertz CT molecular complexity index is 118. The number of ether oxygens (including phenoxy) is 3. The van der Waals surface area contributed by atoms with Crippen molar-refractivity contribution in [2.75, 3.05) is 19.8 Å². The molecular weight excluding hydrogens is 198 g/mol. The molecule has 2 N–H and O–H groups in total. The predicted octanol–water partition coefficient (Wildman–Crippen LogP) is 1.14. The molecule has 0 fully saturated rings. The first-order chi connectivity index (χ1) is 6.74. The van der Waals surface area contributed by atoms with Crippen LogP contribution in [0.2, 0.25) is 6.04 Å². The van der Waals surface area contributed by atoms with Crippen LogP contribution < -0.4 is 5.40 Å². The van der Waals surface area contributed by atoms with E-state index in [2.05, 4.69) is 0 Å². The molecule has 84 valence electrons. The molecule has 0 aromatic carbocycles. The zero-order valence-electron chi connectivity index (χ0n) is 9.34. The Kier molecular flexibility index (Phi) is 8.41. The van der Waals surface area contributed by atoms with Crippen molar-refractivity contribution in [3.05, 3.63) is 0 Å². The van der Waals surface area contributed by atoms with Gasteiger partial charge in [0.1, 0.15) is 9.68 Å². The van der Waals surface area contributed by atoms with Crippen LogP contribution in [-0.4, -0.2) is 35.5 Å². The molecule has 0 amide bonds. The molecule has 0 aliphatic heterocycles. The molecule has 0 atom stereocenters. The van der Waals surface area contributed by atoms with Crippen LogP contribution in [0.15, 0.2) is 0 Å². The zero-order valence-corrected chi connectivity index (χ0v) is 10.3. The Morgan fingerprint density at radius 1 is 1.00 bits per heavy atom. The summed E-state index contributed by atoms with van der Waals surface area (Å²) in [4.78, 5) is 0. The van der Waals surface area contributed by atoms with Gasteiger partial charge in [0.15, 0.2) is 0 Å². The van der Waals surface area contributed by atoms with E-state index < -0.39 is 5.97 Å². The normalized spacial score (nSPS) is 12.0. The molecule has 0 aromatic heterocycles. The van der Waals surface area contributed by atoms with Gasteiger partial charge in [0.2, 0.25) is 0 Å². The molecular formula is C9H21NO3Si. The number of hydrogen-bond donors (Lipinski definition) is 1. The van der Waals surface area contributed by atoms with E-state index in [-0.39, 0.29) is 0 Å². The van der Waals surface area contributed by atoms with E-state index >= 15 is 0 Å². The molecule has 0 saturated carbocycles. The van der Waals surface area contributed by atoms with Crippen molar-refractivity contribution >= 4 is 9.68 Å². The molecule has 0 spiro atoms. The summed E-state index contributed by atoms with van der Waals surface area (Å²) >= 11 is 0. The van der Waals surface area contributed by atoms with Crippen molar-refractivity contribution in [2.45, 2.75) is 39.2 Å². The lowest BCUT2D eigenvalue weighted by molar-refractivity contribution is -0.377. The highest BCUT2D eigenvalue weighted by Crippen LogP contribution is 2.21. The maximum Gasteiger partial charge on any atom is 0.282 e. The highest BCUT2D eigenvalue weighted by molar-refractivity contribution is 6.30. The topological polar surface area (TPSA) is 53.7 Å². The second-order valence-electron chi connectivity index (χ2n) is 2.69. The van der Waals surface area contributed by atoms with Gasteiger partial charge in [-0.15, -0.1) is 0 Å². The SMILES string of the molecule is CCOC(CC[Si]N)(OCC)OCC. The van der Waals surface area contributed by atoms with Gasteiger partial charge in [-0.1, -0.05) is 0 Å². The average Bonchev–Trinajstić information content (AvgIpc) is 2.16. The lowest BCUT2D eigenvalue weighted by Gasteiger charge is -2.32. The summed E-state index contributed by atoms with van der Waals surface area (Å²) in [6, 6.07) is 0.861. The Morgan fingerprint density at radius 3 is 1.71 bits per heavy atom. The maximum absolute atomic E-state index is 5.52. The quantitative estimate of drug-likeness (QED) is 0.467. The third-order valence-electron chi connectivity index (χ3n) is 1.67. The molecule has 4 nitrogen and oxygen atoms in total. The van der Waals surface area contributed by atoms with E-state index in [9.17, 15) is 0 Å². The fraction of sp³-hybridized carbons (Fsp3) is 1.00. The average molecular weight is 219 g/mol. The second-order valence-corrected chi connectivity index (χ2v) is 3.59. The van der Waals surface area contributed by atoms with Gasteiger partial charge in [0.05, 0.1) is 0 Å². The van der Waals surface area contributed by atoms with Gasteiger partial charge in [-0.25, -0.2) is 0 Å². The minimum Gasteiger partial charge on any atom is -0.353 e. The van der Waals surface area contributed by atoms with Crippen molar-refractivity contribution in [3.63, 3.8) is 0 Å². The van der Waals surface area contributed by atoms with Gasteiger partial charge < -0.3 is 19.6 Å². The highest BCUT2D eigenvalue weighted by Gasteiger charge is 2.31. The van der Waals surface area contributed by atoms with Crippen LogP contribution >= 0.6 is 0 Å². The zero-order chi connectivity index (χ0) is 10.9. The Morgan fingerprint density at radius 2 is 1.43 bits per heavy atom. The summed E-state index contributed by atoms with van der Waals surface area (Å²) in [6.45, 7) is 7.52. The Hall–Kier alpha value is 0.0569. The molecule has 0 aliphatic carbocycles. The lowest BCUT2D eigenvalue weighted by atomic mass is 10.4. The van der Waals surface area contributed by atoms with Crippen LogP contribution in [0.3, 0.4) is 0 Å². The first-order valence-corrected chi connectivity index (χ1v) is 6.38. The third-order valence-corrected chi connectivity index (χ3v) is 2.21. The minimum absolute atomic E-state index is 0.405. The fourth-order valence-electron chi connectivity index (χ4n) is 1.23. The number of hydrogen-bond acceptors (Lipinski definition) is 4. The lowest BCUT2D eigenvalue weighted by Crippen LogP contribution is -2.40. The minimum atomic E-state index is -0.870. The maximum atomic E-state index is 5.52. The largest absolute Gasteiger partial charge is 0.353 e. The number of rotatable bonds is 9. The van der Waals surface area contributed by atoms with E-state index in [1.54, 1.807) is 0 Å². The molecule has 0 aliphatic rings. The molecule has 14 heavy (non-hydrogen) atoms. The second kappa shape index (κ2) is 8.37. The van der Waals surface area contributed by atoms with E-state index in [0.717, 1.165) is 6.04 Å². The third kappa shape index (κ3) is 5.07. The Labute approximate surface area is 89.0 Å². The van der Waals surface area contributed by atoms with Gasteiger partial charge in [0.25, 0.3) is 5.97 Å². The Balaban J connectivity index is 4.21. The van der Waals surface area contributed by atoms with Gasteiger partial charge in [-0.3, -0.25) is 0 Å². The van der Waals surface area contributed by atoms with Gasteiger partial charge in [-0.2, -0.15) is 0 Å².